The summed E-state index contributed by atoms with van der Waals surface area (Å²) in [7, 11) is -3.42. The van der Waals surface area contributed by atoms with Gasteiger partial charge in [0.15, 0.2) is 9.84 Å². The van der Waals surface area contributed by atoms with Gasteiger partial charge in [-0.25, -0.2) is 8.42 Å². The van der Waals surface area contributed by atoms with Gasteiger partial charge in [0.05, 0.1) is 17.1 Å². The second-order valence-electron chi connectivity index (χ2n) is 5.67. The standard InChI is InChI=1S/C16H22O4S/c1-12(2)16-13(3)15(19-11-20-16)9-10-21(17,18)14-7-5-4-6-8-14/h4-10,12-13,15-16H,11H2,1-3H3/b10-9+/t13-,15-,16-/m0/s1. The van der Waals surface area contributed by atoms with Gasteiger partial charge >= 0.3 is 0 Å². The Bertz CT molecular complexity index is 578. The molecule has 0 unspecified atom stereocenters. The molecule has 0 aromatic heterocycles. The van der Waals surface area contributed by atoms with Crippen LogP contribution in [0.15, 0.2) is 46.7 Å². The van der Waals surface area contributed by atoms with E-state index in [9.17, 15) is 8.42 Å². The van der Waals surface area contributed by atoms with Crippen molar-refractivity contribution >= 4 is 9.84 Å². The fraction of sp³-hybridized carbons (Fsp3) is 0.500. The average Bonchev–Trinajstić information content (AvgIpc) is 2.47. The lowest BCUT2D eigenvalue weighted by Crippen LogP contribution is -2.41. The second-order valence-corrected chi connectivity index (χ2v) is 7.50. The summed E-state index contributed by atoms with van der Waals surface area (Å²) in [6.07, 6.45) is 1.46. The Morgan fingerprint density at radius 3 is 2.48 bits per heavy atom. The SMILES string of the molecule is CC(C)[C@@H]1OCO[C@@H](/C=C/S(=O)(=O)c2ccccc2)[C@@H]1C. The van der Waals surface area contributed by atoms with E-state index < -0.39 is 9.84 Å². The van der Waals surface area contributed by atoms with Gasteiger partial charge in [0.1, 0.15) is 6.79 Å². The van der Waals surface area contributed by atoms with E-state index in [1.807, 2.05) is 6.92 Å². The Hall–Kier alpha value is -1.17. The molecule has 2 rings (SSSR count). The summed E-state index contributed by atoms with van der Waals surface area (Å²) in [4.78, 5) is 0.293. The lowest BCUT2D eigenvalue weighted by Gasteiger charge is -2.36. The van der Waals surface area contributed by atoms with Gasteiger partial charge in [0.2, 0.25) is 0 Å². The highest BCUT2D eigenvalue weighted by Crippen LogP contribution is 2.27. The van der Waals surface area contributed by atoms with E-state index in [-0.39, 0.29) is 24.9 Å². The molecule has 3 atom stereocenters. The van der Waals surface area contributed by atoms with Crippen molar-refractivity contribution in [1.29, 1.82) is 0 Å². The number of ether oxygens (including phenoxy) is 2. The molecule has 116 valence electrons. The number of sulfone groups is 1. The van der Waals surface area contributed by atoms with Gasteiger partial charge in [-0.15, -0.1) is 0 Å². The van der Waals surface area contributed by atoms with Crippen LogP contribution in [0.4, 0.5) is 0 Å². The summed E-state index contributed by atoms with van der Waals surface area (Å²) in [5.74, 6) is 0.478. The quantitative estimate of drug-likeness (QED) is 0.858. The van der Waals surface area contributed by atoms with Gasteiger partial charge in [0.25, 0.3) is 0 Å². The van der Waals surface area contributed by atoms with Gasteiger partial charge in [-0.1, -0.05) is 39.0 Å². The predicted molar refractivity (Wildman–Crippen MR) is 81.4 cm³/mol. The molecule has 1 aromatic rings. The molecule has 21 heavy (non-hydrogen) atoms. The van der Waals surface area contributed by atoms with E-state index in [4.69, 9.17) is 9.47 Å². The summed E-state index contributed by atoms with van der Waals surface area (Å²) in [6, 6.07) is 8.39. The maximum absolute atomic E-state index is 12.2. The smallest absolute Gasteiger partial charge is 0.199 e. The van der Waals surface area contributed by atoms with Crippen molar-refractivity contribution in [3.05, 3.63) is 41.8 Å². The minimum atomic E-state index is -3.42. The molecule has 1 fully saturated rings. The Labute approximate surface area is 126 Å². The highest BCUT2D eigenvalue weighted by atomic mass is 32.2. The van der Waals surface area contributed by atoms with Gasteiger partial charge in [-0.3, -0.25) is 0 Å². The van der Waals surface area contributed by atoms with Gasteiger partial charge in [-0.05, 0) is 24.1 Å². The molecule has 0 spiro atoms. The van der Waals surface area contributed by atoms with Crippen LogP contribution in [0.5, 0.6) is 0 Å². The number of hydrogen-bond donors (Lipinski definition) is 0. The summed E-state index contributed by atoms with van der Waals surface area (Å²) in [5, 5.41) is 1.24. The number of benzene rings is 1. The third kappa shape index (κ3) is 3.93. The summed E-state index contributed by atoms with van der Waals surface area (Å²) in [5.41, 5.74) is 0. The Balaban J connectivity index is 2.13. The lowest BCUT2D eigenvalue weighted by molar-refractivity contribution is -0.201. The van der Waals surface area contributed by atoms with Crippen molar-refractivity contribution in [1.82, 2.24) is 0 Å². The van der Waals surface area contributed by atoms with Gasteiger partial charge in [-0.2, -0.15) is 0 Å². The van der Waals surface area contributed by atoms with Crippen molar-refractivity contribution in [2.75, 3.05) is 6.79 Å². The van der Waals surface area contributed by atoms with Crippen LogP contribution in [-0.4, -0.2) is 27.4 Å². The zero-order valence-corrected chi connectivity index (χ0v) is 13.4. The molecule has 1 aromatic carbocycles. The summed E-state index contributed by atoms with van der Waals surface area (Å²) in [6.45, 7) is 6.41. The lowest BCUT2D eigenvalue weighted by atomic mass is 9.89. The Morgan fingerprint density at radius 1 is 1.19 bits per heavy atom. The Morgan fingerprint density at radius 2 is 1.86 bits per heavy atom. The number of hydrogen-bond acceptors (Lipinski definition) is 4. The summed E-state index contributed by atoms with van der Waals surface area (Å²) < 4.78 is 35.6. The van der Waals surface area contributed by atoms with Crippen LogP contribution < -0.4 is 0 Å². The van der Waals surface area contributed by atoms with Crippen LogP contribution in [-0.2, 0) is 19.3 Å². The average molecular weight is 310 g/mol. The van der Waals surface area contributed by atoms with Crippen LogP contribution in [0, 0.1) is 11.8 Å². The molecule has 1 heterocycles. The summed E-state index contributed by atoms with van der Waals surface area (Å²) >= 11 is 0. The molecule has 1 aliphatic rings. The number of rotatable bonds is 4. The predicted octanol–water partition coefficient (Wildman–Crippen LogP) is 3.01. The normalized spacial score (nSPS) is 27.3. The first-order chi connectivity index (χ1) is 9.92. The molecule has 5 heteroatoms. The van der Waals surface area contributed by atoms with Crippen LogP contribution in [0.1, 0.15) is 20.8 Å². The molecule has 0 aliphatic carbocycles. The Kier molecular flexibility index (Phi) is 5.19. The molecule has 0 radical (unpaired) electrons. The van der Waals surface area contributed by atoms with E-state index >= 15 is 0 Å². The molecule has 4 nitrogen and oxygen atoms in total. The topological polar surface area (TPSA) is 52.6 Å². The molecule has 1 saturated heterocycles. The maximum atomic E-state index is 12.2. The van der Waals surface area contributed by atoms with Crippen molar-refractivity contribution in [2.45, 2.75) is 37.9 Å². The zero-order chi connectivity index (χ0) is 15.5. The molecule has 0 amide bonds. The first-order valence-electron chi connectivity index (χ1n) is 7.13. The zero-order valence-electron chi connectivity index (χ0n) is 12.6. The molecule has 0 bridgehead atoms. The highest BCUT2D eigenvalue weighted by molar-refractivity contribution is 7.94. The fourth-order valence-corrected chi connectivity index (χ4v) is 3.64. The molecular weight excluding hydrogens is 288 g/mol. The van der Waals surface area contributed by atoms with E-state index in [0.717, 1.165) is 0 Å². The first kappa shape index (κ1) is 16.2. The second kappa shape index (κ2) is 6.73. The molecule has 1 aliphatic heterocycles. The fourth-order valence-electron chi connectivity index (χ4n) is 2.59. The van der Waals surface area contributed by atoms with E-state index in [0.29, 0.717) is 10.8 Å². The highest BCUT2D eigenvalue weighted by Gasteiger charge is 2.32. The largest absolute Gasteiger partial charge is 0.352 e. The van der Waals surface area contributed by atoms with Crippen LogP contribution in [0.2, 0.25) is 0 Å². The third-order valence-electron chi connectivity index (χ3n) is 3.73. The molecule has 0 saturated carbocycles. The monoisotopic (exact) mass is 310 g/mol. The van der Waals surface area contributed by atoms with Crippen molar-refractivity contribution < 1.29 is 17.9 Å². The maximum Gasteiger partial charge on any atom is 0.199 e. The van der Waals surface area contributed by atoms with Crippen molar-refractivity contribution in [3.63, 3.8) is 0 Å². The van der Waals surface area contributed by atoms with Gasteiger partial charge < -0.3 is 9.47 Å². The third-order valence-corrected chi connectivity index (χ3v) is 5.18. The first-order valence-corrected chi connectivity index (χ1v) is 8.68. The molecular formula is C16H22O4S. The van der Waals surface area contributed by atoms with E-state index in [1.54, 1.807) is 36.4 Å². The van der Waals surface area contributed by atoms with Crippen molar-refractivity contribution in [2.24, 2.45) is 11.8 Å². The minimum absolute atomic E-state index is 0.0767. The molecule has 0 N–H and O–H groups in total. The van der Waals surface area contributed by atoms with Crippen LogP contribution in [0.25, 0.3) is 0 Å². The minimum Gasteiger partial charge on any atom is -0.352 e. The van der Waals surface area contributed by atoms with Crippen LogP contribution >= 0.6 is 0 Å². The van der Waals surface area contributed by atoms with Crippen LogP contribution in [0.3, 0.4) is 0 Å². The van der Waals surface area contributed by atoms with Gasteiger partial charge in [0, 0.05) is 11.3 Å². The van der Waals surface area contributed by atoms with E-state index in [1.165, 1.54) is 5.41 Å². The van der Waals surface area contributed by atoms with E-state index in [2.05, 4.69) is 13.8 Å². The van der Waals surface area contributed by atoms with Crippen molar-refractivity contribution in [3.8, 4) is 0 Å².